The first-order chi connectivity index (χ1) is 15.0. The van der Waals surface area contributed by atoms with Crippen LogP contribution < -0.4 is 10.9 Å². The summed E-state index contributed by atoms with van der Waals surface area (Å²) in [4.78, 5) is 31.5. The van der Waals surface area contributed by atoms with E-state index in [0.29, 0.717) is 26.8 Å². The number of fused-ring (bicyclic) bond motifs is 1. The summed E-state index contributed by atoms with van der Waals surface area (Å²) in [5, 5.41) is 4.35. The molecule has 3 aromatic carbocycles. The highest BCUT2D eigenvalue weighted by molar-refractivity contribution is 7.99. The first-order valence-corrected chi connectivity index (χ1v) is 12.0. The first-order valence-electron chi connectivity index (χ1n) is 9.39. The SMILES string of the molecule is CSc1cccc(NC(=O)CSc2nc3ccccc3c(=O)n2-c2cccc(Cl)c2)c1. The monoisotopic (exact) mass is 467 g/mol. The summed E-state index contributed by atoms with van der Waals surface area (Å²) in [5.74, 6) is -0.0715. The summed E-state index contributed by atoms with van der Waals surface area (Å²) in [6, 6.07) is 21.8. The number of para-hydroxylation sites is 1. The summed E-state index contributed by atoms with van der Waals surface area (Å²) in [6.45, 7) is 0. The van der Waals surface area contributed by atoms with Gasteiger partial charge in [0.2, 0.25) is 5.91 Å². The van der Waals surface area contributed by atoms with E-state index in [9.17, 15) is 9.59 Å². The molecule has 0 atom stereocenters. The van der Waals surface area contributed by atoms with Gasteiger partial charge in [0, 0.05) is 15.6 Å². The zero-order valence-corrected chi connectivity index (χ0v) is 18.9. The van der Waals surface area contributed by atoms with Gasteiger partial charge in [-0.2, -0.15) is 0 Å². The Morgan fingerprint density at radius 1 is 1.06 bits per heavy atom. The number of anilines is 1. The Balaban J connectivity index is 1.65. The number of aromatic nitrogens is 2. The molecular formula is C23H18ClN3O2S2. The van der Waals surface area contributed by atoms with Crippen molar-refractivity contribution in [3.05, 3.63) is 88.2 Å². The van der Waals surface area contributed by atoms with Gasteiger partial charge in [-0.1, -0.05) is 47.6 Å². The summed E-state index contributed by atoms with van der Waals surface area (Å²) in [6.07, 6.45) is 1.98. The van der Waals surface area contributed by atoms with Gasteiger partial charge in [0.15, 0.2) is 5.16 Å². The molecule has 0 radical (unpaired) electrons. The molecule has 5 nitrogen and oxygen atoms in total. The van der Waals surface area contributed by atoms with Crippen molar-refractivity contribution in [3.8, 4) is 5.69 Å². The molecule has 0 aliphatic heterocycles. The number of carbonyl (C=O) groups excluding carboxylic acids is 1. The lowest BCUT2D eigenvalue weighted by Crippen LogP contribution is -2.23. The van der Waals surface area contributed by atoms with E-state index in [1.807, 2.05) is 36.6 Å². The molecule has 0 fully saturated rings. The number of rotatable bonds is 6. The molecule has 8 heteroatoms. The van der Waals surface area contributed by atoms with E-state index in [0.717, 1.165) is 10.6 Å². The fourth-order valence-electron chi connectivity index (χ4n) is 3.08. The second-order valence-corrected chi connectivity index (χ2v) is 8.86. The molecule has 1 aromatic heterocycles. The minimum absolute atomic E-state index is 0.106. The van der Waals surface area contributed by atoms with Crippen LogP contribution >= 0.6 is 35.1 Å². The Bertz CT molecular complexity index is 1320. The van der Waals surface area contributed by atoms with Crippen molar-refractivity contribution in [2.45, 2.75) is 10.1 Å². The van der Waals surface area contributed by atoms with Gasteiger partial charge in [-0.25, -0.2) is 4.98 Å². The maximum absolute atomic E-state index is 13.2. The highest BCUT2D eigenvalue weighted by atomic mass is 35.5. The lowest BCUT2D eigenvalue weighted by Gasteiger charge is -2.13. The summed E-state index contributed by atoms with van der Waals surface area (Å²) >= 11 is 8.97. The number of halogens is 1. The van der Waals surface area contributed by atoms with E-state index in [-0.39, 0.29) is 17.2 Å². The average Bonchev–Trinajstić information content (AvgIpc) is 2.78. The average molecular weight is 468 g/mol. The molecule has 0 bridgehead atoms. The van der Waals surface area contributed by atoms with Crippen LogP contribution in [0, 0.1) is 0 Å². The van der Waals surface area contributed by atoms with Crippen LogP contribution in [0.3, 0.4) is 0 Å². The van der Waals surface area contributed by atoms with Gasteiger partial charge in [0.1, 0.15) is 0 Å². The van der Waals surface area contributed by atoms with Gasteiger partial charge in [0.25, 0.3) is 5.56 Å². The van der Waals surface area contributed by atoms with Crippen LogP contribution in [0.4, 0.5) is 5.69 Å². The van der Waals surface area contributed by atoms with Crippen LogP contribution in [-0.4, -0.2) is 27.5 Å². The predicted molar refractivity (Wildman–Crippen MR) is 130 cm³/mol. The lowest BCUT2D eigenvalue weighted by atomic mass is 10.2. The number of benzene rings is 3. The Morgan fingerprint density at radius 2 is 1.87 bits per heavy atom. The smallest absolute Gasteiger partial charge is 0.266 e. The van der Waals surface area contributed by atoms with E-state index in [2.05, 4.69) is 10.3 Å². The molecule has 1 N–H and O–H groups in total. The molecule has 0 saturated heterocycles. The Hall–Kier alpha value is -2.74. The number of hydrogen-bond donors (Lipinski definition) is 1. The zero-order valence-electron chi connectivity index (χ0n) is 16.5. The molecule has 0 spiro atoms. The molecule has 1 heterocycles. The fourth-order valence-corrected chi connectivity index (χ4v) is 4.54. The van der Waals surface area contributed by atoms with Crippen molar-refractivity contribution in [1.29, 1.82) is 0 Å². The predicted octanol–water partition coefficient (Wildman–Crippen LogP) is 5.49. The Morgan fingerprint density at radius 3 is 2.68 bits per heavy atom. The van der Waals surface area contributed by atoms with Crippen LogP contribution in [0.25, 0.3) is 16.6 Å². The molecule has 0 saturated carbocycles. The van der Waals surface area contributed by atoms with E-state index >= 15 is 0 Å². The van der Waals surface area contributed by atoms with E-state index in [4.69, 9.17) is 11.6 Å². The molecular weight excluding hydrogens is 450 g/mol. The first kappa shape index (κ1) is 21.5. The Labute approximate surface area is 192 Å². The van der Waals surface area contributed by atoms with Gasteiger partial charge in [-0.15, -0.1) is 11.8 Å². The Kier molecular flexibility index (Phi) is 6.65. The highest BCUT2D eigenvalue weighted by Gasteiger charge is 2.15. The van der Waals surface area contributed by atoms with Gasteiger partial charge < -0.3 is 5.32 Å². The summed E-state index contributed by atoms with van der Waals surface area (Å²) < 4.78 is 1.50. The van der Waals surface area contributed by atoms with E-state index < -0.39 is 0 Å². The van der Waals surface area contributed by atoms with Crippen LogP contribution in [0.1, 0.15) is 0 Å². The molecule has 0 aliphatic carbocycles. The highest BCUT2D eigenvalue weighted by Crippen LogP contribution is 2.24. The number of amides is 1. The van der Waals surface area contributed by atoms with Crippen molar-refractivity contribution < 1.29 is 4.79 Å². The number of nitrogens with zero attached hydrogens (tertiary/aromatic N) is 2. The van der Waals surface area contributed by atoms with Crippen molar-refractivity contribution >= 4 is 57.6 Å². The molecule has 1 amide bonds. The van der Waals surface area contributed by atoms with Crippen LogP contribution in [0.15, 0.2) is 87.6 Å². The number of thioether (sulfide) groups is 2. The van der Waals surface area contributed by atoms with Crippen LogP contribution in [0.5, 0.6) is 0 Å². The topological polar surface area (TPSA) is 64.0 Å². The third-order valence-electron chi connectivity index (χ3n) is 4.50. The van der Waals surface area contributed by atoms with Gasteiger partial charge in [-0.05, 0) is 54.8 Å². The number of carbonyl (C=O) groups is 1. The molecule has 156 valence electrons. The van der Waals surface area contributed by atoms with Gasteiger partial charge >= 0.3 is 0 Å². The minimum atomic E-state index is -0.205. The quantitative estimate of drug-likeness (QED) is 0.300. The molecule has 31 heavy (non-hydrogen) atoms. The van der Waals surface area contributed by atoms with Crippen LogP contribution in [0.2, 0.25) is 5.02 Å². The molecule has 4 rings (SSSR count). The lowest BCUT2D eigenvalue weighted by molar-refractivity contribution is -0.113. The molecule has 4 aromatic rings. The normalized spacial score (nSPS) is 10.9. The van der Waals surface area contributed by atoms with Crippen LogP contribution in [-0.2, 0) is 4.79 Å². The zero-order chi connectivity index (χ0) is 21.8. The van der Waals surface area contributed by atoms with Crippen molar-refractivity contribution in [1.82, 2.24) is 9.55 Å². The standard InChI is InChI=1S/C23H18ClN3O2S2/c1-30-18-9-5-7-16(13-18)25-21(28)14-31-23-26-20-11-3-2-10-19(20)22(29)27(23)17-8-4-6-15(24)12-17/h2-13H,14H2,1H3,(H,25,28). The van der Waals surface area contributed by atoms with Crippen molar-refractivity contribution in [3.63, 3.8) is 0 Å². The largest absolute Gasteiger partial charge is 0.325 e. The van der Waals surface area contributed by atoms with Crippen molar-refractivity contribution in [2.75, 3.05) is 17.3 Å². The minimum Gasteiger partial charge on any atom is -0.325 e. The second kappa shape index (κ2) is 9.60. The maximum Gasteiger partial charge on any atom is 0.266 e. The number of nitrogens with one attached hydrogen (secondary N) is 1. The maximum atomic E-state index is 13.2. The van der Waals surface area contributed by atoms with Gasteiger partial charge in [-0.3, -0.25) is 14.2 Å². The van der Waals surface area contributed by atoms with E-state index in [1.165, 1.54) is 16.3 Å². The molecule has 0 aliphatic rings. The van der Waals surface area contributed by atoms with Crippen molar-refractivity contribution in [2.24, 2.45) is 0 Å². The summed E-state index contributed by atoms with van der Waals surface area (Å²) in [5.41, 5.74) is 1.72. The number of hydrogen-bond acceptors (Lipinski definition) is 5. The van der Waals surface area contributed by atoms with E-state index in [1.54, 1.807) is 54.2 Å². The third-order valence-corrected chi connectivity index (χ3v) is 6.40. The van der Waals surface area contributed by atoms with Gasteiger partial charge in [0.05, 0.1) is 22.3 Å². The second-order valence-electron chi connectivity index (χ2n) is 6.60. The third kappa shape index (κ3) is 4.95. The molecule has 0 unspecified atom stereocenters. The fraction of sp³-hybridized carbons (Fsp3) is 0.0870. The summed E-state index contributed by atoms with van der Waals surface area (Å²) in [7, 11) is 0.